The van der Waals surface area contributed by atoms with Crippen LogP contribution in [0.5, 0.6) is 0 Å². The van der Waals surface area contributed by atoms with Crippen LogP contribution in [0.25, 0.3) is 0 Å². The molecule has 27 heavy (non-hydrogen) atoms. The summed E-state index contributed by atoms with van der Waals surface area (Å²) >= 11 is 0. The topological polar surface area (TPSA) is 39.7 Å². The molecule has 1 aliphatic heterocycles. The zero-order valence-electron chi connectivity index (χ0n) is 15.8. The lowest BCUT2D eigenvalue weighted by Crippen LogP contribution is -2.38. The van der Waals surface area contributed by atoms with Gasteiger partial charge in [0, 0.05) is 13.1 Å². The molecule has 4 nitrogen and oxygen atoms in total. The maximum atomic E-state index is 12.8. The minimum absolute atomic E-state index is 0. The molecule has 1 aromatic carbocycles. The van der Waals surface area contributed by atoms with Gasteiger partial charge in [-0.15, -0.1) is 24.0 Å². The number of hydrogen-bond acceptors (Lipinski definition) is 2. The minimum Gasteiger partial charge on any atom is -0.357 e. The first-order chi connectivity index (χ1) is 12.5. The Morgan fingerprint density at radius 2 is 1.89 bits per heavy atom. The van der Waals surface area contributed by atoms with Crippen LogP contribution in [0, 0.1) is 0 Å². The Balaban J connectivity index is 0.00000364. The highest BCUT2D eigenvalue weighted by Crippen LogP contribution is 2.29. The first kappa shape index (κ1) is 24.0. The van der Waals surface area contributed by atoms with Crippen LogP contribution in [-0.4, -0.2) is 43.6 Å². The fourth-order valence-corrected chi connectivity index (χ4v) is 3.03. The van der Waals surface area contributed by atoms with Gasteiger partial charge in [0.05, 0.1) is 12.1 Å². The molecular weight excluding hydrogens is 468 g/mol. The zero-order chi connectivity index (χ0) is 18.8. The van der Waals surface area contributed by atoms with Crippen molar-refractivity contribution in [2.75, 3.05) is 32.7 Å². The van der Waals surface area contributed by atoms with E-state index in [4.69, 9.17) is 0 Å². The first-order valence-corrected chi connectivity index (χ1v) is 9.39. The van der Waals surface area contributed by atoms with Crippen molar-refractivity contribution in [1.82, 2.24) is 15.5 Å². The second kappa shape index (κ2) is 12.4. The Hall–Kier alpha value is -1.03. The van der Waals surface area contributed by atoms with Crippen LogP contribution < -0.4 is 10.6 Å². The Kier molecular flexibility index (Phi) is 11.1. The van der Waals surface area contributed by atoms with Gasteiger partial charge < -0.3 is 15.5 Å². The highest BCUT2D eigenvalue weighted by molar-refractivity contribution is 14.0. The largest absolute Gasteiger partial charge is 0.416 e. The summed E-state index contributed by atoms with van der Waals surface area (Å²) in [6.45, 7) is 7.27. The number of aliphatic imine (C=N–C) groups is 1. The smallest absolute Gasteiger partial charge is 0.357 e. The second-order valence-electron chi connectivity index (χ2n) is 6.58. The number of rotatable bonds is 8. The number of alkyl halides is 3. The van der Waals surface area contributed by atoms with Gasteiger partial charge in [0.2, 0.25) is 0 Å². The van der Waals surface area contributed by atoms with Crippen LogP contribution in [0.15, 0.2) is 29.3 Å². The van der Waals surface area contributed by atoms with E-state index in [2.05, 4.69) is 20.5 Å². The van der Waals surface area contributed by atoms with Crippen molar-refractivity contribution >= 4 is 29.9 Å². The third-order valence-electron chi connectivity index (χ3n) is 4.41. The summed E-state index contributed by atoms with van der Waals surface area (Å²) in [5, 5.41) is 6.40. The van der Waals surface area contributed by atoms with E-state index in [1.807, 2.05) is 6.92 Å². The molecule has 1 saturated heterocycles. The van der Waals surface area contributed by atoms with Gasteiger partial charge in [-0.3, -0.25) is 0 Å². The molecule has 0 atom stereocenters. The van der Waals surface area contributed by atoms with Crippen molar-refractivity contribution in [2.45, 2.75) is 45.3 Å². The molecule has 0 amide bonds. The fourth-order valence-electron chi connectivity index (χ4n) is 3.03. The summed E-state index contributed by atoms with van der Waals surface area (Å²) in [5.74, 6) is 0.645. The first-order valence-electron chi connectivity index (χ1n) is 9.39. The summed E-state index contributed by atoms with van der Waals surface area (Å²) in [6.07, 6.45) is 0.484. The predicted octanol–water partition coefficient (Wildman–Crippen LogP) is 4.25. The summed E-state index contributed by atoms with van der Waals surface area (Å²) in [7, 11) is 0. The molecule has 8 heteroatoms. The number of nitrogens with one attached hydrogen (secondary N) is 2. The van der Waals surface area contributed by atoms with Gasteiger partial charge in [0.25, 0.3) is 0 Å². The number of likely N-dealkylation sites (tertiary alicyclic amines) is 1. The molecule has 0 radical (unpaired) electrons. The number of hydrogen-bond donors (Lipinski definition) is 2. The van der Waals surface area contributed by atoms with Crippen molar-refractivity contribution in [2.24, 2.45) is 4.99 Å². The number of nitrogens with zero attached hydrogens (tertiary/aromatic N) is 2. The monoisotopic (exact) mass is 498 g/mol. The maximum absolute atomic E-state index is 12.8. The minimum atomic E-state index is -4.32. The molecule has 1 heterocycles. The van der Waals surface area contributed by atoms with E-state index in [0.717, 1.165) is 38.1 Å². The molecule has 1 aromatic rings. The third kappa shape index (κ3) is 9.14. The van der Waals surface area contributed by atoms with E-state index < -0.39 is 11.7 Å². The van der Waals surface area contributed by atoms with Crippen LogP contribution >= 0.6 is 24.0 Å². The van der Waals surface area contributed by atoms with Crippen LogP contribution in [0.2, 0.25) is 0 Å². The molecule has 1 fully saturated rings. The quantitative estimate of drug-likeness (QED) is 0.244. The molecule has 0 bridgehead atoms. The van der Waals surface area contributed by atoms with Crippen molar-refractivity contribution < 1.29 is 13.2 Å². The zero-order valence-corrected chi connectivity index (χ0v) is 18.1. The molecule has 2 rings (SSSR count). The molecule has 0 unspecified atom stereocenters. The molecule has 1 aliphatic rings. The van der Waals surface area contributed by atoms with Crippen molar-refractivity contribution in [3.05, 3.63) is 35.4 Å². The SMILES string of the molecule is CCNC(=NCc1cccc(C(F)(F)F)c1)NCCCCN1CCCC1.I. The van der Waals surface area contributed by atoms with Crippen LogP contribution in [0.3, 0.4) is 0 Å². The van der Waals surface area contributed by atoms with Gasteiger partial charge in [-0.2, -0.15) is 13.2 Å². The molecule has 154 valence electrons. The fraction of sp³-hybridized carbons (Fsp3) is 0.632. The molecule has 2 N–H and O–H groups in total. The predicted molar refractivity (Wildman–Crippen MR) is 115 cm³/mol. The third-order valence-corrected chi connectivity index (χ3v) is 4.41. The van der Waals surface area contributed by atoms with E-state index in [9.17, 15) is 13.2 Å². The highest BCUT2D eigenvalue weighted by atomic mass is 127. The van der Waals surface area contributed by atoms with Gasteiger partial charge in [-0.1, -0.05) is 12.1 Å². The van der Waals surface area contributed by atoms with E-state index in [-0.39, 0.29) is 30.5 Å². The Bertz CT molecular complexity index is 572. The summed E-state index contributed by atoms with van der Waals surface area (Å²) < 4.78 is 38.3. The van der Waals surface area contributed by atoms with Crippen LogP contribution in [-0.2, 0) is 12.7 Å². The molecule has 0 aliphatic carbocycles. The van der Waals surface area contributed by atoms with E-state index in [1.54, 1.807) is 6.07 Å². The van der Waals surface area contributed by atoms with E-state index in [0.29, 0.717) is 18.1 Å². The van der Waals surface area contributed by atoms with E-state index in [1.165, 1.54) is 32.0 Å². The second-order valence-corrected chi connectivity index (χ2v) is 6.58. The Morgan fingerprint density at radius 3 is 2.56 bits per heavy atom. The lowest BCUT2D eigenvalue weighted by molar-refractivity contribution is -0.137. The molecule has 0 saturated carbocycles. The number of guanidine groups is 1. The average molecular weight is 498 g/mol. The molecule has 0 spiro atoms. The Morgan fingerprint density at radius 1 is 1.15 bits per heavy atom. The standard InChI is InChI=1S/C19H29F3N4.HI/c1-2-23-18(24-10-3-4-11-26-12-5-6-13-26)25-15-16-8-7-9-17(14-16)19(20,21)22;/h7-9,14H,2-6,10-13,15H2,1H3,(H2,23,24,25);1H. The Labute approximate surface area is 177 Å². The summed E-state index contributed by atoms with van der Waals surface area (Å²) in [6, 6.07) is 5.32. The maximum Gasteiger partial charge on any atom is 0.416 e. The van der Waals surface area contributed by atoms with Crippen LogP contribution in [0.4, 0.5) is 13.2 Å². The van der Waals surface area contributed by atoms with Gasteiger partial charge >= 0.3 is 6.18 Å². The van der Waals surface area contributed by atoms with Crippen molar-refractivity contribution in [1.29, 1.82) is 0 Å². The lowest BCUT2D eigenvalue weighted by Gasteiger charge is -2.15. The normalized spacial score (nSPS) is 15.5. The van der Waals surface area contributed by atoms with Crippen molar-refractivity contribution in [3.8, 4) is 0 Å². The number of halogens is 4. The highest BCUT2D eigenvalue weighted by Gasteiger charge is 2.30. The van der Waals surface area contributed by atoms with E-state index >= 15 is 0 Å². The molecule has 0 aromatic heterocycles. The van der Waals surface area contributed by atoms with Crippen molar-refractivity contribution in [3.63, 3.8) is 0 Å². The van der Waals surface area contributed by atoms with Gasteiger partial charge in [0.15, 0.2) is 5.96 Å². The van der Waals surface area contributed by atoms with Gasteiger partial charge in [0.1, 0.15) is 0 Å². The number of unbranched alkanes of at least 4 members (excludes halogenated alkanes) is 1. The summed E-state index contributed by atoms with van der Waals surface area (Å²) in [4.78, 5) is 6.89. The number of benzene rings is 1. The van der Waals surface area contributed by atoms with Crippen LogP contribution in [0.1, 0.15) is 43.7 Å². The van der Waals surface area contributed by atoms with Gasteiger partial charge in [-0.05, 0) is 69.9 Å². The average Bonchev–Trinajstić information content (AvgIpc) is 3.12. The van der Waals surface area contributed by atoms with Gasteiger partial charge in [-0.25, -0.2) is 4.99 Å². The lowest BCUT2D eigenvalue weighted by atomic mass is 10.1. The molecular formula is C19H30F3IN4. The summed E-state index contributed by atoms with van der Waals surface area (Å²) in [5.41, 5.74) is -0.0869.